The van der Waals surface area contributed by atoms with Gasteiger partial charge in [0.1, 0.15) is 5.60 Å². The number of benzene rings is 2. The van der Waals surface area contributed by atoms with Gasteiger partial charge >= 0.3 is 6.18 Å². The maximum atomic E-state index is 13.3. The highest BCUT2D eigenvalue weighted by molar-refractivity contribution is 5.64. The van der Waals surface area contributed by atoms with E-state index in [1.807, 2.05) is 44.9 Å². The molecule has 162 valence electrons. The first-order valence-electron chi connectivity index (χ1n) is 9.89. The summed E-state index contributed by atoms with van der Waals surface area (Å²) in [6.45, 7) is 7.30. The van der Waals surface area contributed by atoms with Crippen LogP contribution in [0.3, 0.4) is 0 Å². The number of hydrogen-bond donors (Lipinski definition) is 0. The number of alkyl halides is 3. The molecule has 2 aromatic rings. The molecule has 30 heavy (non-hydrogen) atoms. The second-order valence-corrected chi connectivity index (χ2v) is 7.70. The predicted molar refractivity (Wildman–Crippen MR) is 111 cm³/mol. The van der Waals surface area contributed by atoms with Crippen LogP contribution in [0.2, 0.25) is 0 Å². The van der Waals surface area contributed by atoms with Crippen LogP contribution in [-0.4, -0.2) is 38.0 Å². The van der Waals surface area contributed by atoms with E-state index in [-0.39, 0.29) is 12.2 Å². The number of aryl methyl sites for hydroxylation is 2. The largest absolute Gasteiger partial charge is 0.416 e. The van der Waals surface area contributed by atoms with E-state index in [9.17, 15) is 13.2 Å². The molecule has 0 saturated carbocycles. The highest BCUT2D eigenvalue weighted by atomic mass is 19.4. The Hall–Kier alpha value is -2.38. The Morgan fingerprint density at radius 2 is 1.87 bits per heavy atom. The molecule has 0 spiro atoms. The Morgan fingerprint density at radius 1 is 1.17 bits per heavy atom. The van der Waals surface area contributed by atoms with Crippen molar-refractivity contribution in [3.63, 3.8) is 0 Å². The summed E-state index contributed by atoms with van der Waals surface area (Å²) in [6, 6.07) is 9.50. The van der Waals surface area contributed by atoms with Gasteiger partial charge in [-0.05, 0) is 55.2 Å². The molecular weight excluding hydrogens is 393 g/mol. The molecule has 0 unspecified atom stereocenters. The maximum Gasteiger partial charge on any atom is 0.416 e. The number of aliphatic imine (C=N–C) groups is 1. The van der Waals surface area contributed by atoms with Crippen molar-refractivity contribution in [2.75, 3.05) is 26.8 Å². The molecule has 1 aliphatic heterocycles. The zero-order chi connectivity index (χ0) is 21.9. The molecule has 1 fully saturated rings. The molecule has 0 bridgehead atoms. The number of hydrogen-bond acceptors (Lipinski definition) is 3. The number of nitrogens with zero attached hydrogens (tertiary/aromatic N) is 2. The van der Waals surface area contributed by atoms with E-state index < -0.39 is 17.3 Å². The molecule has 0 aromatic heterocycles. The summed E-state index contributed by atoms with van der Waals surface area (Å²) >= 11 is 0. The summed E-state index contributed by atoms with van der Waals surface area (Å²) in [4.78, 5) is 6.52. The van der Waals surface area contributed by atoms with E-state index in [1.54, 1.807) is 12.4 Å². The SMILES string of the molecule is CCN(C)C=Nc1cc(C)c(C2(OCc3ccccc3C(F)(F)F)COC2)cc1C. The minimum Gasteiger partial charge on any atom is -0.375 e. The molecule has 0 radical (unpaired) electrons. The van der Waals surface area contributed by atoms with Gasteiger partial charge in [0.2, 0.25) is 0 Å². The Balaban J connectivity index is 1.86. The van der Waals surface area contributed by atoms with Crippen LogP contribution in [0.1, 0.15) is 34.7 Å². The summed E-state index contributed by atoms with van der Waals surface area (Å²) in [5, 5.41) is 0. The third-order valence-corrected chi connectivity index (χ3v) is 5.42. The van der Waals surface area contributed by atoms with Crippen molar-refractivity contribution < 1.29 is 22.6 Å². The van der Waals surface area contributed by atoms with E-state index in [4.69, 9.17) is 9.47 Å². The van der Waals surface area contributed by atoms with Gasteiger partial charge in [-0.25, -0.2) is 4.99 Å². The predicted octanol–water partition coefficient (Wildman–Crippen LogP) is 5.38. The summed E-state index contributed by atoms with van der Waals surface area (Å²) in [6.07, 6.45) is -2.63. The molecule has 4 nitrogen and oxygen atoms in total. The van der Waals surface area contributed by atoms with Crippen molar-refractivity contribution in [1.82, 2.24) is 4.90 Å². The molecule has 0 atom stereocenters. The third-order valence-electron chi connectivity index (χ3n) is 5.42. The number of halogens is 3. The molecule has 1 heterocycles. The Kier molecular flexibility index (Phi) is 6.53. The van der Waals surface area contributed by atoms with E-state index in [0.29, 0.717) is 13.2 Å². The van der Waals surface area contributed by atoms with Crippen LogP contribution in [0.15, 0.2) is 41.4 Å². The molecule has 7 heteroatoms. The summed E-state index contributed by atoms with van der Waals surface area (Å²) in [5.41, 5.74) is 2.43. The monoisotopic (exact) mass is 420 g/mol. The Bertz CT molecular complexity index is 921. The van der Waals surface area contributed by atoms with Gasteiger partial charge in [-0.15, -0.1) is 0 Å². The van der Waals surface area contributed by atoms with Crippen molar-refractivity contribution in [2.24, 2.45) is 4.99 Å². The van der Waals surface area contributed by atoms with Crippen LogP contribution >= 0.6 is 0 Å². The highest BCUT2D eigenvalue weighted by Crippen LogP contribution is 2.40. The standard InChI is InChI=1S/C23H27F3N2O2/c1-5-28(4)15-27-21-11-16(2)20(10-17(21)3)22(13-29-14-22)30-12-18-8-6-7-9-19(18)23(24,25)26/h6-11,15H,5,12-14H2,1-4H3. The van der Waals surface area contributed by atoms with Crippen LogP contribution in [0, 0.1) is 13.8 Å². The lowest BCUT2D eigenvalue weighted by molar-refractivity contribution is -0.224. The third kappa shape index (κ3) is 4.68. The van der Waals surface area contributed by atoms with Crippen molar-refractivity contribution in [1.29, 1.82) is 0 Å². The highest BCUT2D eigenvalue weighted by Gasteiger charge is 2.43. The lowest BCUT2D eigenvalue weighted by atomic mass is 9.86. The normalized spacial score (nSPS) is 16.0. The summed E-state index contributed by atoms with van der Waals surface area (Å²) in [7, 11) is 1.95. The van der Waals surface area contributed by atoms with E-state index in [0.717, 1.165) is 35.0 Å². The van der Waals surface area contributed by atoms with Crippen molar-refractivity contribution in [3.05, 3.63) is 64.2 Å². The zero-order valence-electron chi connectivity index (χ0n) is 17.7. The minimum atomic E-state index is -4.42. The van der Waals surface area contributed by atoms with Gasteiger partial charge in [0, 0.05) is 13.6 Å². The van der Waals surface area contributed by atoms with Gasteiger partial charge in [0.15, 0.2) is 0 Å². The first kappa shape index (κ1) is 22.3. The summed E-state index contributed by atoms with van der Waals surface area (Å²) < 4.78 is 51.4. The lowest BCUT2D eigenvalue weighted by Crippen LogP contribution is -2.49. The van der Waals surface area contributed by atoms with Crippen LogP contribution in [0.4, 0.5) is 18.9 Å². The molecular formula is C23H27F3N2O2. The lowest BCUT2D eigenvalue weighted by Gasteiger charge is -2.42. The fourth-order valence-corrected chi connectivity index (χ4v) is 3.42. The van der Waals surface area contributed by atoms with Crippen LogP contribution in [0.25, 0.3) is 0 Å². The van der Waals surface area contributed by atoms with Crippen molar-refractivity contribution in [2.45, 2.75) is 39.2 Å². The molecule has 1 saturated heterocycles. The molecule has 0 N–H and O–H groups in total. The Labute approximate surface area is 175 Å². The molecule has 1 aliphatic rings. The fourth-order valence-electron chi connectivity index (χ4n) is 3.42. The average molecular weight is 420 g/mol. The van der Waals surface area contributed by atoms with Gasteiger partial charge in [-0.3, -0.25) is 0 Å². The number of ether oxygens (including phenoxy) is 2. The van der Waals surface area contributed by atoms with Crippen LogP contribution < -0.4 is 0 Å². The molecule has 0 aliphatic carbocycles. The first-order chi connectivity index (χ1) is 14.2. The fraction of sp³-hybridized carbons (Fsp3) is 0.435. The van der Waals surface area contributed by atoms with Crippen molar-refractivity contribution in [3.8, 4) is 0 Å². The second-order valence-electron chi connectivity index (χ2n) is 7.70. The van der Waals surface area contributed by atoms with Gasteiger partial charge in [-0.1, -0.05) is 24.3 Å². The smallest absolute Gasteiger partial charge is 0.375 e. The van der Waals surface area contributed by atoms with Crippen LogP contribution in [0.5, 0.6) is 0 Å². The van der Waals surface area contributed by atoms with E-state index in [2.05, 4.69) is 4.99 Å². The van der Waals surface area contributed by atoms with E-state index in [1.165, 1.54) is 12.1 Å². The van der Waals surface area contributed by atoms with Gasteiger partial charge in [-0.2, -0.15) is 13.2 Å². The molecule has 3 rings (SSSR count). The average Bonchev–Trinajstić information content (AvgIpc) is 2.67. The first-order valence-corrected chi connectivity index (χ1v) is 9.89. The van der Waals surface area contributed by atoms with Crippen molar-refractivity contribution >= 4 is 12.0 Å². The minimum absolute atomic E-state index is 0.120. The van der Waals surface area contributed by atoms with Gasteiger partial charge in [0.05, 0.1) is 37.4 Å². The Morgan fingerprint density at radius 3 is 2.47 bits per heavy atom. The maximum absolute atomic E-state index is 13.3. The molecule has 2 aromatic carbocycles. The quantitative estimate of drug-likeness (QED) is 0.446. The van der Waals surface area contributed by atoms with Gasteiger partial charge in [0.25, 0.3) is 0 Å². The molecule has 0 amide bonds. The number of rotatable bonds is 7. The summed E-state index contributed by atoms with van der Waals surface area (Å²) in [5.74, 6) is 0. The van der Waals surface area contributed by atoms with Gasteiger partial charge < -0.3 is 14.4 Å². The zero-order valence-corrected chi connectivity index (χ0v) is 17.7. The van der Waals surface area contributed by atoms with E-state index >= 15 is 0 Å². The second kappa shape index (κ2) is 8.78. The topological polar surface area (TPSA) is 34.1 Å². The van der Waals surface area contributed by atoms with Crippen LogP contribution in [-0.2, 0) is 27.9 Å².